The monoisotopic (exact) mass is 330 g/mol. The highest BCUT2D eigenvalue weighted by atomic mass is 16.2. The summed E-state index contributed by atoms with van der Waals surface area (Å²) in [5, 5.41) is 3.12. The van der Waals surface area contributed by atoms with E-state index < -0.39 is 0 Å². The maximum absolute atomic E-state index is 12.7. The molecule has 0 unspecified atom stereocenters. The minimum atomic E-state index is -0.126. The maximum Gasteiger partial charge on any atom is 0.257 e. The Morgan fingerprint density at radius 3 is 2.75 bits per heavy atom. The molecule has 2 amide bonds. The van der Waals surface area contributed by atoms with E-state index >= 15 is 0 Å². The van der Waals surface area contributed by atoms with Gasteiger partial charge in [0, 0.05) is 18.8 Å². The third-order valence-corrected chi connectivity index (χ3v) is 4.90. The fraction of sp³-hybridized carbons (Fsp3) is 0.667. The molecule has 0 atom stereocenters. The van der Waals surface area contributed by atoms with Crippen molar-refractivity contribution in [3.8, 4) is 0 Å². The summed E-state index contributed by atoms with van der Waals surface area (Å²) < 4.78 is 0. The van der Waals surface area contributed by atoms with E-state index in [0.29, 0.717) is 17.9 Å². The average molecular weight is 330 g/mol. The van der Waals surface area contributed by atoms with Gasteiger partial charge in [0.2, 0.25) is 5.91 Å². The van der Waals surface area contributed by atoms with Crippen LogP contribution in [0.15, 0.2) is 6.20 Å². The molecule has 1 aliphatic heterocycles. The van der Waals surface area contributed by atoms with Gasteiger partial charge in [0.05, 0.1) is 17.8 Å². The van der Waals surface area contributed by atoms with Crippen LogP contribution in [-0.4, -0.2) is 45.8 Å². The highest BCUT2D eigenvalue weighted by Gasteiger charge is 2.26. The number of nitrogens with zero attached hydrogens (tertiary/aromatic N) is 3. The fourth-order valence-electron chi connectivity index (χ4n) is 3.62. The molecule has 1 N–H and O–H groups in total. The summed E-state index contributed by atoms with van der Waals surface area (Å²) in [6, 6.07) is 0.264. The van der Waals surface area contributed by atoms with Crippen molar-refractivity contribution in [3.63, 3.8) is 0 Å². The quantitative estimate of drug-likeness (QED) is 0.860. The lowest BCUT2D eigenvalue weighted by Crippen LogP contribution is -2.44. The van der Waals surface area contributed by atoms with Crippen molar-refractivity contribution < 1.29 is 9.59 Å². The fourth-order valence-corrected chi connectivity index (χ4v) is 3.62. The summed E-state index contributed by atoms with van der Waals surface area (Å²) in [7, 11) is 0. The van der Waals surface area contributed by atoms with Gasteiger partial charge in [0.25, 0.3) is 5.91 Å². The van der Waals surface area contributed by atoms with E-state index in [1.807, 2.05) is 6.92 Å². The van der Waals surface area contributed by atoms with Crippen molar-refractivity contribution in [3.05, 3.63) is 23.3 Å². The van der Waals surface area contributed by atoms with E-state index in [1.54, 1.807) is 11.1 Å². The van der Waals surface area contributed by atoms with Gasteiger partial charge in [-0.25, -0.2) is 9.97 Å². The Balaban J connectivity index is 1.62. The summed E-state index contributed by atoms with van der Waals surface area (Å²) in [5.41, 5.74) is 1.35. The number of hydrogen-bond donors (Lipinski definition) is 1. The predicted molar refractivity (Wildman–Crippen MR) is 90.6 cm³/mol. The molecule has 1 saturated carbocycles. The van der Waals surface area contributed by atoms with E-state index in [0.717, 1.165) is 31.4 Å². The van der Waals surface area contributed by atoms with E-state index in [2.05, 4.69) is 15.3 Å². The molecule has 0 saturated heterocycles. The molecule has 2 aliphatic rings. The molecule has 0 bridgehead atoms. The number of fused-ring (bicyclic) bond motifs is 1. The second-order valence-corrected chi connectivity index (χ2v) is 6.86. The van der Waals surface area contributed by atoms with Gasteiger partial charge in [-0.1, -0.05) is 25.7 Å². The number of carbonyl (C=O) groups excluding carboxylic acids is 2. The maximum atomic E-state index is 12.7. The summed E-state index contributed by atoms with van der Waals surface area (Å²) in [4.78, 5) is 35.2. The van der Waals surface area contributed by atoms with Crippen molar-refractivity contribution in [1.82, 2.24) is 20.2 Å². The van der Waals surface area contributed by atoms with E-state index in [4.69, 9.17) is 0 Å². The second kappa shape index (κ2) is 7.73. The van der Waals surface area contributed by atoms with Crippen molar-refractivity contribution >= 4 is 11.8 Å². The van der Waals surface area contributed by atoms with Gasteiger partial charge in [-0.3, -0.25) is 9.59 Å². The number of aryl methyl sites for hydroxylation is 2. The zero-order valence-electron chi connectivity index (χ0n) is 14.4. The van der Waals surface area contributed by atoms with Crippen LogP contribution in [0.4, 0.5) is 0 Å². The predicted octanol–water partition coefficient (Wildman–Crippen LogP) is 2.01. The number of carbonyl (C=O) groups is 2. The molecule has 130 valence electrons. The van der Waals surface area contributed by atoms with Crippen molar-refractivity contribution in [2.24, 2.45) is 0 Å². The number of hydrogen-bond acceptors (Lipinski definition) is 4. The van der Waals surface area contributed by atoms with E-state index in [1.165, 1.54) is 25.7 Å². The van der Waals surface area contributed by atoms with Crippen LogP contribution in [-0.2, 0) is 11.2 Å². The topological polar surface area (TPSA) is 75.2 Å². The van der Waals surface area contributed by atoms with Gasteiger partial charge in [-0.05, 0) is 32.6 Å². The lowest BCUT2D eigenvalue weighted by molar-refractivity contribution is -0.122. The molecule has 6 heteroatoms. The third kappa shape index (κ3) is 4.10. The minimum Gasteiger partial charge on any atom is -0.352 e. The Kier molecular flexibility index (Phi) is 5.43. The van der Waals surface area contributed by atoms with Crippen LogP contribution in [0.1, 0.15) is 66.8 Å². The molecule has 2 heterocycles. The molecule has 1 aliphatic carbocycles. The number of nitrogens with one attached hydrogen (secondary N) is 1. The lowest BCUT2D eigenvalue weighted by atomic mass is 10.1. The molecule has 0 radical (unpaired) electrons. The average Bonchev–Trinajstić information content (AvgIpc) is 2.88. The Bertz CT molecular complexity index is 609. The zero-order valence-corrected chi connectivity index (χ0v) is 14.4. The van der Waals surface area contributed by atoms with Crippen LogP contribution in [0.5, 0.6) is 0 Å². The Labute approximate surface area is 143 Å². The number of amides is 2. The van der Waals surface area contributed by atoms with Crippen LogP contribution in [0.25, 0.3) is 0 Å². The van der Waals surface area contributed by atoms with Crippen molar-refractivity contribution in [2.75, 3.05) is 13.1 Å². The van der Waals surface area contributed by atoms with Crippen molar-refractivity contribution in [1.29, 1.82) is 0 Å². The van der Waals surface area contributed by atoms with Crippen LogP contribution < -0.4 is 5.32 Å². The van der Waals surface area contributed by atoms with Gasteiger partial charge in [-0.2, -0.15) is 0 Å². The largest absolute Gasteiger partial charge is 0.352 e. The molecule has 1 aromatic rings. The lowest BCUT2D eigenvalue weighted by Gasteiger charge is -2.22. The third-order valence-electron chi connectivity index (χ3n) is 4.90. The molecule has 0 aromatic carbocycles. The highest BCUT2D eigenvalue weighted by molar-refractivity contribution is 5.97. The van der Waals surface area contributed by atoms with Crippen LogP contribution in [0.2, 0.25) is 0 Å². The number of rotatable bonds is 3. The van der Waals surface area contributed by atoms with E-state index in [9.17, 15) is 9.59 Å². The molecule has 6 nitrogen and oxygen atoms in total. The molecule has 0 spiro atoms. The second-order valence-electron chi connectivity index (χ2n) is 6.86. The summed E-state index contributed by atoms with van der Waals surface area (Å²) in [6.07, 6.45) is 10.2. The van der Waals surface area contributed by atoms with Crippen LogP contribution in [0.3, 0.4) is 0 Å². The minimum absolute atomic E-state index is 0.0493. The molecule has 1 fully saturated rings. The smallest absolute Gasteiger partial charge is 0.257 e. The first-order chi connectivity index (χ1) is 11.6. The van der Waals surface area contributed by atoms with E-state index in [-0.39, 0.29) is 24.4 Å². The van der Waals surface area contributed by atoms with Gasteiger partial charge in [0.15, 0.2) is 0 Å². The normalized spacial score (nSPS) is 19.4. The van der Waals surface area contributed by atoms with Gasteiger partial charge in [0.1, 0.15) is 5.82 Å². The van der Waals surface area contributed by atoms with Gasteiger partial charge < -0.3 is 10.2 Å². The summed E-state index contributed by atoms with van der Waals surface area (Å²) >= 11 is 0. The molecular formula is C18H26N4O2. The molecule has 3 rings (SSSR count). The first kappa shape index (κ1) is 16.9. The Morgan fingerprint density at radius 2 is 2.00 bits per heavy atom. The summed E-state index contributed by atoms with van der Waals surface area (Å²) in [6.45, 7) is 2.54. The SMILES string of the molecule is Cc1ncc2c(n1)CCCN(CC(=O)NC1CCCCCC1)C2=O. The first-order valence-electron chi connectivity index (χ1n) is 9.04. The van der Waals surface area contributed by atoms with Gasteiger partial charge >= 0.3 is 0 Å². The molecular weight excluding hydrogens is 304 g/mol. The molecule has 1 aromatic heterocycles. The van der Waals surface area contributed by atoms with Crippen LogP contribution in [0, 0.1) is 6.92 Å². The summed E-state index contributed by atoms with van der Waals surface area (Å²) in [5.74, 6) is 0.506. The Hall–Kier alpha value is -1.98. The zero-order chi connectivity index (χ0) is 16.9. The standard InChI is InChI=1S/C18H26N4O2/c1-13-19-11-15-16(20-13)9-6-10-22(18(15)24)12-17(23)21-14-7-4-2-3-5-8-14/h11,14H,2-10,12H2,1H3,(H,21,23). The molecule has 24 heavy (non-hydrogen) atoms. The first-order valence-corrected chi connectivity index (χ1v) is 9.04. The van der Waals surface area contributed by atoms with Crippen molar-refractivity contribution in [2.45, 2.75) is 64.3 Å². The van der Waals surface area contributed by atoms with Gasteiger partial charge in [-0.15, -0.1) is 0 Å². The number of aromatic nitrogens is 2. The Morgan fingerprint density at radius 1 is 1.25 bits per heavy atom. The van der Waals surface area contributed by atoms with Crippen LogP contribution >= 0.6 is 0 Å². The highest BCUT2D eigenvalue weighted by Crippen LogP contribution is 2.18.